The second kappa shape index (κ2) is 6.80. The Morgan fingerprint density at radius 2 is 1.52 bits per heavy atom. The number of aromatic nitrogens is 2. The van der Waals surface area contributed by atoms with Gasteiger partial charge in [-0.15, -0.1) is 0 Å². The molecule has 2 bridgehead atoms. The van der Waals surface area contributed by atoms with Crippen LogP contribution in [0.5, 0.6) is 0 Å². The third-order valence-corrected chi connectivity index (χ3v) is 6.91. The fraction of sp³-hybridized carbons (Fsp3) is 0.364. The Labute approximate surface area is 163 Å². The highest BCUT2D eigenvalue weighted by Crippen LogP contribution is 2.43. The van der Waals surface area contributed by atoms with Gasteiger partial charge in [-0.3, -0.25) is 0 Å². The summed E-state index contributed by atoms with van der Waals surface area (Å²) in [5, 5.41) is 0.994. The lowest BCUT2D eigenvalue weighted by molar-refractivity contribution is 0.0868. The minimum absolute atomic E-state index is 0.274. The van der Waals surface area contributed by atoms with Crippen LogP contribution < -0.4 is 0 Å². The summed E-state index contributed by atoms with van der Waals surface area (Å²) in [7, 11) is 0. The summed E-state index contributed by atoms with van der Waals surface area (Å²) in [5.74, 6) is 1.34. The SMILES string of the molecule is FC(c1ccccc1)(c1ccccc1)c1nsc(C2CN3CCC2CC3)n1. The average molecular weight is 380 g/mol. The van der Waals surface area contributed by atoms with Crippen LogP contribution in [0.4, 0.5) is 4.39 Å². The first-order chi connectivity index (χ1) is 13.2. The van der Waals surface area contributed by atoms with Gasteiger partial charge in [0.15, 0.2) is 5.82 Å². The van der Waals surface area contributed by atoms with Crippen LogP contribution in [0.25, 0.3) is 0 Å². The molecule has 2 aromatic carbocycles. The minimum atomic E-state index is -1.83. The van der Waals surface area contributed by atoms with E-state index in [1.807, 2.05) is 60.7 Å². The number of hydrogen-bond acceptors (Lipinski definition) is 4. The molecule has 0 spiro atoms. The first-order valence-corrected chi connectivity index (χ1v) is 10.4. The highest BCUT2D eigenvalue weighted by Gasteiger charge is 2.42. The monoisotopic (exact) mass is 379 g/mol. The van der Waals surface area contributed by atoms with Gasteiger partial charge in [0.05, 0.1) is 0 Å². The topological polar surface area (TPSA) is 29.0 Å². The molecule has 3 aliphatic rings. The van der Waals surface area contributed by atoms with Crippen molar-refractivity contribution in [3.63, 3.8) is 0 Å². The van der Waals surface area contributed by atoms with Gasteiger partial charge in [0.2, 0.25) is 5.67 Å². The molecule has 3 nitrogen and oxygen atoms in total. The Balaban J connectivity index is 1.57. The van der Waals surface area contributed by atoms with Crippen LogP contribution in [0.2, 0.25) is 0 Å². The first kappa shape index (κ1) is 17.0. The lowest BCUT2D eigenvalue weighted by Crippen LogP contribution is -2.46. The van der Waals surface area contributed by atoms with Crippen molar-refractivity contribution < 1.29 is 4.39 Å². The van der Waals surface area contributed by atoms with Crippen LogP contribution in [0.3, 0.4) is 0 Å². The zero-order valence-corrected chi connectivity index (χ0v) is 15.9. The average Bonchev–Trinajstić information content (AvgIpc) is 3.26. The van der Waals surface area contributed by atoms with E-state index in [2.05, 4.69) is 9.27 Å². The molecule has 5 heteroatoms. The van der Waals surface area contributed by atoms with Gasteiger partial charge in [-0.2, -0.15) is 4.37 Å². The predicted molar refractivity (Wildman–Crippen MR) is 106 cm³/mol. The maximum Gasteiger partial charge on any atom is 0.221 e. The molecule has 0 N–H and O–H groups in total. The molecule has 1 atom stereocenters. The largest absolute Gasteiger partial charge is 0.303 e. The Bertz CT molecular complexity index is 864. The normalized spacial score (nSPS) is 24.9. The molecular weight excluding hydrogens is 357 g/mol. The van der Waals surface area contributed by atoms with Crippen LogP contribution in [-0.2, 0) is 5.67 Å². The molecule has 1 unspecified atom stereocenters. The molecule has 0 amide bonds. The fourth-order valence-electron chi connectivity index (χ4n) is 4.53. The predicted octanol–water partition coefficient (Wildman–Crippen LogP) is 4.61. The van der Waals surface area contributed by atoms with E-state index in [9.17, 15) is 0 Å². The Kier molecular flexibility index (Phi) is 4.29. The summed E-state index contributed by atoms with van der Waals surface area (Å²) in [5.41, 5.74) is -0.672. The quantitative estimate of drug-likeness (QED) is 0.663. The maximum atomic E-state index is 16.6. The molecule has 1 aromatic heterocycles. The number of hydrogen-bond donors (Lipinski definition) is 0. The fourth-order valence-corrected chi connectivity index (χ4v) is 5.41. The van der Waals surface area contributed by atoms with Crippen molar-refractivity contribution in [3.05, 3.63) is 82.6 Å². The van der Waals surface area contributed by atoms with Crippen LogP contribution >= 0.6 is 11.5 Å². The van der Waals surface area contributed by atoms with Crippen LogP contribution in [-0.4, -0.2) is 33.9 Å². The molecule has 3 saturated heterocycles. The zero-order valence-electron chi connectivity index (χ0n) is 15.1. The smallest absolute Gasteiger partial charge is 0.221 e. The molecular formula is C22H22FN3S. The Morgan fingerprint density at radius 1 is 0.926 bits per heavy atom. The molecule has 138 valence electrons. The molecule has 4 heterocycles. The van der Waals surface area contributed by atoms with E-state index >= 15 is 4.39 Å². The molecule has 3 fully saturated rings. The van der Waals surface area contributed by atoms with Crippen LogP contribution in [0.1, 0.15) is 40.7 Å². The summed E-state index contributed by atoms with van der Waals surface area (Å²) in [4.78, 5) is 7.29. The van der Waals surface area contributed by atoms with Gasteiger partial charge in [0, 0.05) is 23.6 Å². The van der Waals surface area contributed by atoms with Crippen molar-refractivity contribution in [2.75, 3.05) is 19.6 Å². The first-order valence-electron chi connectivity index (χ1n) is 9.61. The van der Waals surface area contributed by atoms with E-state index in [0.29, 0.717) is 23.0 Å². The lowest BCUT2D eigenvalue weighted by atomic mass is 9.79. The number of rotatable bonds is 4. The number of alkyl halides is 1. The molecule has 3 aliphatic heterocycles. The van der Waals surface area contributed by atoms with Crippen molar-refractivity contribution in [1.82, 2.24) is 14.3 Å². The maximum absolute atomic E-state index is 16.6. The lowest BCUT2D eigenvalue weighted by Gasteiger charge is -2.43. The van der Waals surface area contributed by atoms with E-state index in [1.165, 1.54) is 37.5 Å². The van der Waals surface area contributed by atoms with Crippen molar-refractivity contribution in [3.8, 4) is 0 Å². The summed E-state index contributed by atoms with van der Waals surface area (Å²) >= 11 is 1.38. The third-order valence-electron chi connectivity index (χ3n) is 6.07. The van der Waals surface area contributed by atoms with Gasteiger partial charge in [0.25, 0.3) is 0 Å². The molecule has 27 heavy (non-hydrogen) atoms. The molecule has 0 radical (unpaired) electrons. The van der Waals surface area contributed by atoms with Gasteiger partial charge >= 0.3 is 0 Å². The zero-order chi connectivity index (χ0) is 18.3. The highest BCUT2D eigenvalue weighted by molar-refractivity contribution is 7.05. The summed E-state index contributed by atoms with van der Waals surface area (Å²) in [6, 6.07) is 18.6. The Hall–Kier alpha value is -2.11. The minimum Gasteiger partial charge on any atom is -0.303 e. The van der Waals surface area contributed by atoms with Crippen LogP contribution in [0.15, 0.2) is 60.7 Å². The van der Waals surface area contributed by atoms with E-state index in [4.69, 9.17) is 4.98 Å². The second-order valence-electron chi connectivity index (χ2n) is 7.59. The highest BCUT2D eigenvalue weighted by atomic mass is 32.1. The van der Waals surface area contributed by atoms with E-state index < -0.39 is 5.67 Å². The summed E-state index contributed by atoms with van der Waals surface area (Å²) < 4.78 is 21.2. The van der Waals surface area contributed by atoms with E-state index in [0.717, 1.165) is 11.6 Å². The van der Waals surface area contributed by atoms with Crippen LogP contribution in [0, 0.1) is 5.92 Å². The van der Waals surface area contributed by atoms with Gasteiger partial charge < -0.3 is 4.90 Å². The van der Waals surface area contributed by atoms with Gasteiger partial charge in [-0.05, 0) is 43.4 Å². The summed E-state index contributed by atoms with van der Waals surface area (Å²) in [6.07, 6.45) is 2.44. The van der Waals surface area contributed by atoms with E-state index in [-0.39, 0.29) is 5.82 Å². The molecule has 0 saturated carbocycles. The number of nitrogens with zero attached hydrogens (tertiary/aromatic N) is 3. The van der Waals surface area contributed by atoms with Crippen molar-refractivity contribution >= 4 is 11.5 Å². The second-order valence-corrected chi connectivity index (χ2v) is 8.37. The number of halogens is 1. The van der Waals surface area contributed by atoms with E-state index in [1.54, 1.807) is 0 Å². The van der Waals surface area contributed by atoms with Gasteiger partial charge in [0.1, 0.15) is 5.01 Å². The standard InChI is InChI=1S/C22H22FN3S/c23-22(17-7-3-1-4-8-17,18-9-5-2-6-10-18)21-24-20(27-25-21)19-15-26-13-11-16(19)12-14-26/h1-10,16,19H,11-15H2. The number of piperidine rings is 3. The van der Waals surface area contributed by atoms with Gasteiger partial charge in [-0.1, -0.05) is 60.7 Å². The van der Waals surface area contributed by atoms with Crippen molar-refractivity contribution in [1.29, 1.82) is 0 Å². The molecule has 0 aliphatic carbocycles. The third kappa shape index (κ3) is 2.89. The molecule has 3 aromatic rings. The number of fused-ring (bicyclic) bond motifs is 3. The Morgan fingerprint density at radius 3 is 2.04 bits per heavy atom. The van der Waals surface area contributed by atoms with Crippen molar-refractivity contribution in [2.45, 2.75) is 24.4 Å². The van der Waals surface area contributed by atoms with Gasteiger partial charge in [-0.25, -0.2) is 9.37 Å². The molecule has 6 rings (SSSR count). The summed E-state index contributed by atoms with van der Waals surface area (Å²) in [6.45, 7) is 3.41. The van der Waals surface area contributed by atoms with Crippen molar-refractivity contribution in [2.24, 2.45) is 5.92 Å². The number of benzene rings is 2.